The van der Waals surface area contributed by atoms with E-state index in [0.717, 1.165) is 24.8 Å². The molecule has 0 aliphatic heterocycles. The Morgan fingerprint density at radius 1 is 0.964 bits per heavy atom. The Balaban J connectivity index is 1.62. The van der Waals surface area contributed by atoms with E-state index in [2.05, 4.69) is 0 Å². The highest BCUT2D eigenvalue weighted by Crippen LogP contribution is 2.57. The van der Waals surface area contributed by atoms with Crippen molar-refractivity contribution in [3.63, 3.8) is 0 Å². The number of hydrogen-bond acceptors (Lipinski definition) is 6. The Morgan fingerprint density at radius 3 is 2.36 bits per heavy atom. The monoisotopic (exact) mass is 432 g/mol. The van der Waals surface area contributed by atoms with E-state index in [0.29, 0.717) is 25.7 Å². The van der Waals surface area contributed by atoms with Crippen LogP contribution in [-0.4, -0.2) is 38.1 Å². The van der Waals surface area contributed by atoms with Crippen molar-refractivity contribution in [3.8, 4) is 0 Å². The molecular formula is C18H24O8S2. The Labute approximate surface area is 165 Å². The van der Waals surface area contributed by atoms with Gasteiger partial charge in [-0.15, -0.1) is 0 Å². The highest BCUT2D eigenvalue weighted by atomic mass is 32.3. The van der Waals surface area contributed by atoms with E-state index in [9.17, 15) is 16.8 Å². The summed E-state index contributed by atoms with van der Waals surface area (Å²) >= 11 is 0. The average Bonchev–Trinajstić information content (AvgIpc) is 2.88. The molecule has 8 nitrogen and oxygen atoms in total. The third-order valence-electron chi connectivity index (χ3n) is 6.76. The van der Waals surface area contributed by atoms with E-state index in [1.165, 1.54) is 16.7 Å². The van der Waals surface area contributed by atoms with Crippen molar-refractivity contribution in [2.45, 2.75) is 70.0 Å². The van der Waals surface area contributed by atoms with Crippen molar-refractivity contribution >= 4 is 20.8 Å². The minimum atomic E-state index is -4.49. The van der Waals surface area contributed by atoms with Gasteiger partial charge < -0.3 is 0 Å². The molecule has 0 radical (unpaired) electrons. The lowest BCUT2D eigenvalue weighted by atomic mass is 9.64. The van der Waals surface area contributed by atoms with E-state index in [1.807, 2.05) is 19.1 Å². The summed E-state index contributed by atoms with van der Waals surface area (Å²) in [6.45, 7) is 2.03. The van der Waals surface area contributed by atoms with Crippen LogP contribution in [0.1, 0.15) is 60.8 Å². The van der Waals surface area contributed by atoms with Gasteiger partial charge in [0.1, 0.15) is 0 Å². The van der Waals surface area contributed by atoms with E-state index < -0.39 is 33.0 Å². The number of rotatable bonds is 4. The number of hydrogen-bond donors (Lipinski definition) is 2. The summed E-state index contributed by atoms with van der Waals surface area (Å²) in [6.07, 6.45) is 3.41. The van der Waals surface area contributed by atoms with Gasteiger partial charge >= 0.3 is 20.8 Å². The fourth-order valence-electron chi connectivity index (χ4n) is 5.54. The lowest BCUT2D eigenvalue weighted by Crippen LogP contribution is -2.38. The lowest BCUT2D eigenvalue weighted by molar-refractivity contribution is 0.0609. The predicted molar refractivity (Wildman–Crippen MR) is 99.7 cm³/mol. The molecule has 1 saturated carbocycles. The topological polar surface area (TPSA) is 127 Å². The highest BCUT2D eigenvalue weighted by molar-refractivity contribution is 7.81. The Hall–Kier alpha value is -1.04. The summed E-state index contributed by atoms with van der Waals surface area (Å²) in [6, 6.07) is 4.03. The van der Waals surface area contributed by atoms with Crippen molar-refractivity contribution in [3.05, 3.63) is 34.4 Å². The molecule has 0 saturated heterocycles. The van der Waals surface area contributed by atoms with Crippen LogP contribution < -0.4 is 0 Å². The number of benzene rings is 1. The van der Waals surface area contributed by atoms with Crippen LogP contribution in [0.15, 0.2) is 12.1 Å². The van der Waals surface area contributed by atoms with Crippen molar-refractivity contribution in [1.29, 1.82) is 0 Å². The minimum Gasteiger partial charge on any atom is -0.264 e. The van der Waals surface area contributed by atoms with E-state index in [-0.39, 0.29) is 11.3 Å². The molecule has 1 aromatic carbocycles. The molecule has 0 aromatic heterocycles. The molecule has 3 aliphatic rings. The molecule has 1 fully saturated rings. The molecule has 0 spiro atoms. The average molecular weight is 433 g/mol. The Kier molecular flexibility index (Phi) is 4.88. The summed E-state index contributed by atoms with van der Waals surface area (Å²) in [7, 11) is -8.96. The van der Waals surface area contributed by atoms with Gasteiger partial charge in [0, 0.05) is 11.8 Å². The summed E-state index contributed by atoms with van der Waals surface area (Å²) in [5.41, 5.74) is 4.35. The van der Waals surface area contributed by atoms with Crippen molar-refractivity contribution in [2.24, 2.45) is 5.41 Å². The van der Waals surface area contributed by atoms with Gasteiger partial charge in [0.25, 0.3) is 0 Å². The lowest BCUT2D eigenvalue weighted by Gasteiger charge is -2.42. The maximum absolute atomic E-state index is 11.2. The molecule has 10 heteroatoms. The number of fused-ring (bicyclic) bond motifs is 5. The smallest absolute Gasteiger partial charge is 0.264 e. The predicted octanol–water partition coefficient (Wildman–Crippen LogP) is 2.38. The molecule has 1 aromatic rings. The summed E-state index contributed by atoms with van der Waals surface area (Å²) in [5.74, 6) is 0.153. The molecule has 4 rings (SSSR count). The maximum atomic E-state index is 11.2. The third-order valence-corrected chi connectivity index (χ3v) is 7.75. The SMILES string of the molecule is C[C@]12CCc3c(ccc4c3CCC(OS(=O)(=O)O)C4)[C@@H]1CCC2OS(=O)(=O)O. The van der Waals surface area contributed by atoms with Crippen LogP contribution in [0, 0.1) is 5.41 Å². The highest BCUT2D eigenvalue weighted by Gasteiger charge is 2.52. The van der Waals surface area contributed by atoms with Gasteiger partial charge in [-0.3, -0.25) is 9.11 Å². The second-order valence-electron chi connectivity index (χ2n) is 8.31. The molecule has 0 bridgehead atoms. The van der Waals surface area contributed by atoms with Crippen LogP contribution in [0.4, 0.5) is 0 Å². The maximum Gasteiger partial charge on any atom is 0.397 e. The van der Waals surface area contributed by atoms with E-state index in [1.54, 1.807) is 0 Å². The zero-order valence-corrected chi connectivity index (χ0v) is 17.1. The van der Waals surface area contributed by atoms with Gasteiger partial charge in [-0.1, -0.05) is 19.1 Å². The molecule has 3 aliphatic carbocycles. The molecular weight excluding hydrogens is 408 g/mol. The van der Waals surface area contributed by atoms with Crippen LogP contribution in [-0.2, 0) is 48.4 Å². The first-order chi connectivity index (χ1) is 13.0. The van der Waals surface area contributed by atoms with Crippen LogP contribution >= 0.6 is 0 Å². The third kappa shape index (κ3) is 3.73. The van der Waals surface area contributed by atoms with Gasteiger partial charge in [-0.05, 0) is 66.7 Å². The second kappa shape index (κ2) is 6.75. The zero-order valence-electron chi connectivity index (χ0n) is 15.5. The quantitative estimate of drug-likeness (QED) is 0.694. The van der Waals surface area contributed by atoms with Crippen LogP contribution in [0.2, 0.25) is 0 Å². The standard InChI is InChI=1S/C18H24O8S2/c1-18-9-8-14-13-5-3-12(25-27(19,20)21)10-11(13)2-4-15(14)16(18)6-7-17(18)26-28(22,23)24/h2,4,12,16-17H,3,5-10H2,1H3,(H,19,20,21)(H,22,23,24)/t12?,16-,17?,18-/m0/s1. The molecule has 28 heavy (non-hydrogen) atoms. The normalized spacial score (nSPS) is 32.5. The van der Waals surface area contributed by atoms with Crippen molar-refractivity contribution < 1.29 is 34.3 Å². The molecule has 2 unspecified atom stereocenters. The van der Waals surface area contributed by atoms with Crippen LogP contribution in [0.25, 0.3) is 0 Å². The van der Waals surface area contributed by atoms with Gasteiger partial charge in [0.05, 0.1) is 12.2 Å². The molecule has 0 heterocycles. The molecule has 4 atom stereocenters. The van der Waals surface area contributed by atoms with Gasteiger partial charge in [-0.2, -0.15) is 16.8 Å². The first kappa shape index (κ1) is 20.2. The Bertz CT molecular complexity index is 1000. The van der Waals surface area contributed by atoms with Crippen LogP contribution in [0.5, 0.6) is 0 Å². The largest absolute Gasteiger partial charge is 0.397 e. The first-order valence-electron chi connectivity index (χ1n) is 9.41. The molecule has 0 amide bonds. The summed E-state index contributed by atoms with van der Waals surface area (Å²) in [5, 5.41) is 0. The van der Waals surface area contributed by atoms with E-state index in [4.69, 9.17) is 17.5 Å². The fourth-order valence-corrected chi connectivity index (χ4v) is 6.66. The van der Waals surface area contributed by atoms with Crippen molar-refractivity contribution in [1.82, 2.24) is 0 Å². The van der Waals surface area contributed by atoms with Crippen molar-refractivity contribution in [2.75, 3.05) is 0 Å². The van der Waals surface area contributed by atoms with Gasteiger partial charge in [-0.25, -0.2) is 8.37 Å². The van der Waals surface area contributed by atoms with Crippen LogP contribution in [0.3, 0.4) is 0 Å². The molecule has 2 N–H and O–H groups in total. The second-order valence-corrected chi connectivity index (χ2v) is 10.4. The molecule has 156 valence electrons. The van der Waals surface area contributed by atoms with Gasteiger partial charge in [0.2, 0.25) is 0 Å². The summed E-state index contributed by atoms with van der Waals surface area (Å²) in [4.78, 5) is 0. The minimum absolute atomic E-state index is 0.153. The summed E-state index contributed by atoms with van der Waals surface area (Å²) < 4.78 is 72.2. The first-order valence-corrected chi connectivity index (χ1v) is 12.1. The Morgan fingerprint density at radius 2 is 1.68 bits per heavy atom. The zero-order chi connectivity index (χ0) is 20.3. The fraction of sp³-hybridized carbons (Fsp3) is 0.667. The van der Waals surface area contributed by atoms with E-state index >= 15 is 0 Å². The van der Waals surface area contributed by atoms with Gasteiger partial charge in [0.15, 0.2) is 0 Å².